The molecule has 0 saturated carbocycles. The molecule has 0 aliphatic carbocycles. The Morgan fingerprint density at radius 1 is 0.960 bits per heavy atom. The Hall–Kier alpha value is -1.59. The number of rotatable bonds is 2. The number of carbonyl (C=O) groups excluding carboxylic acids is 1. The highest BCUT2D eigenvalue weighted by Gasteiger charge is 2.41. The molecule has 25 heavy (non-hydrogen) atoms. The summed E-state index contributed by atoms with van der Waals surface area (Å²) in [5, 5.41) is 0. The zero-order valence-corrected chi connectivity index (χ0v) is 14.9. The predicted molar refractivity (Wildman–Crippen MR) is 95.3 cm³/mol. The van der Waals surface area contributed by atoms with Crippen LogP contribution >= 0.6 is 0 Å². The molecule has 0 unspecified atom stereocenters. The number of carbonyl (C=O) groups is 1. The monoisotopic (exact) mass is 344 g/mol. The number of likely N-dealkylation sites (tertiary alicyclic amines) is 2. The summed E-state index contributed by atoms with van der Waals surface area (Å²) in [6.45, 7) is 4.60. The van der Waals surface area contributed by atoms with Gasteiger partial charge in [0.1, 0.15) is 0 Å². The highest BCUT2D eigenvalue weighted by molar-refractivity contribution is 5.74. The number of urea groups is 1. The van der Waals surface area contributed by atoms with Crippen molar-refractivity contribution in [3.05, 3.63) is 35.9 Å². The number of hydrogen-bond acceptors (Lipinski definition) is 3. The molecule has 1 aromatic carbocycles. The number of amides is 2. The maximum Gasteiger partial charge on any atom is 0.320 e. The minimum absolute atomic E-state index is 0.200. The number of ether oxygens (including phenoxy) is 2. The molecule has 0 atom stereocenters. The van der Waals surface area contributed by atoms with E-state index in [1.807, 2.05) is 9.80 Å². The molecule has 0 bridgehead atoms. The lowest BCUT2D eigenvalue weighted by Gasteiger charge is -2.41. The van der Waals surface area contributed by atoms with Crippen LogP contribution in [0.25, 0.3) is 0 Å². The minimum atomic E-state index is -0.403. The highest BCUT2D eigenvalue weighted by atomic mass is 16.7. The Morgan fingerprint density at radius 3 is 2.20 bits per heavy atom. The first-order valence-corrected chi connectivity index (χ1v) is 9.60. The largest absolute Gasteiger partial charge is 0.347 e. The van der Waals surface area contributed by atoms with Crippen LogP contribution in [-0.2, 0) is 15.9 Å². The van der Waals surface area contributed by atoms with Gasteiger partial charge in [-0.05, 0) is 30.7 Å². The van der Waals surface area contributed by atoms with Gasteiger partial charge >= 0.3 is 6.03 Å². The molecule has 0 aromatic heterocycles. The van der Waals surface area contributed by atoms with Crippen molar-refractivity contribution in [2.45, 2.75) is 37.9 Å². The van der Waals surface area contributed by atoms with Gasteiger partial charge in [0.05, 0.1) is 13.2 Å². The third kappa shape index (κ3) is 3.82. The molecule has 5 heteroatoms. The van der Waals surface area contributed by atoms with Gasteiger partial charge in [-0.15, -0.1) is 0 Å². The molecule has 0 N–H and O–H groups in total. The minimum Gasteiger partial charge on any atom is -0.347 e. The van der Waals surface area contributed by atoms with E-state index in [1.165, 1.54) is 5.56 Å². The molecule has 0 radical (unpaired) electrons. The predicted octanol–water partition coefficient (Wildman–Crippen LogP) is 2.90. The summed E-state index contributed by atoms with van der Waals surface area (Å²) >= 11 is 0. The maximum absolute atomic E-state index is 12.8. The molecule has 3 saturated heterocycles. The second-order valence-corrected chi connectivity index (χ2v) is 7.50. The van der Waals surface area contributed by atoms with Crippen LogP contribution in [-0.4, -0.2) is 61.0 Å². The lowest BCUT2D eigenvalue weighted by Crippen LogP contribution is -2.52. The van der Waals surface area contributed by atoms with E-state index in [9.17, 15) is 4.79 Å². The number of benzene rings is 1. The zero-order valence-electron chi connectivity index (χ0n) is 14.9. The molecule has 1 spiro atoms. The van der Waals surface area contributed by atoms with E-state index >= 15 is 0 Å². The van der Waals surface area contributed by atoms with Crippen LogP contribution < -0.4 is 0 Å². The van der Waals surface area contributed by atoms with E-state index < -0.39 is 5.79 Å². The van der Waals surface area contributed by atoms with Gasteiger partial charge < -0.3 is 19.3 Å². The van der Waals surface area contributed by atoms with Gasteiger partial charge in [-0.25, -0.2) is 4.79 Å². The summed E-state index contributed by atoms with van der Waals surface area (Å²) in [7, 11) is 0. The fourth-order valence-electron chi connectivity index (χ4n) is 4.30. The SMILES string of the molecule is O=C(N1CCC(Cc2ccccc2)CC1)N1CCC2(CC1)OCCO2. The Bertz CT molecular complexity index is 568. The summed E-state index contributed by atoms with van der Waals surface area (Å²) in [6.07, 6.45) is 4.92. The average molecular weight is 344 g/mol. The van der Waals surface area contributed by atoms with E-state index in [0.29, 0.717) is 19.1 Å². The van der Waals surface area contributed by atoms with E-state index in [1.54, 1.807) is 0 Å². The smallest absolute Gasteiger partial charge is 0.320 e. The first-order valence-electron chi connectivity index (χ1n) is 9.60. The van der Waals surface area contributed by atoms with Crippen molar-refractivity contribution in [3.63, 3.8) is 0 Å². The lowest BCUT2D eigenvalue weighted by atomic mass is 9.90. The van der Waals surface area contributed by atoms with Gasteiger partial charge in [-0.2, -0.15) is 0 Å². The fraction of sp³-hybridized carbons (Fsp3) is 0.650. The van der Waals surface area contributed by atoms with E-state index in [2.05, 4.69) is 30.3 Å². The summed E-state index contributed by atoms with van der Waals surface area (Å²) in [5.74, 6) is 0.288. The Labute approximate surface area is 149 Å². The van der Waals surface area contributed by atoms with Crippen molar-refractivity contribution in [3.8, 4) is 0 Å². The van der Waals surface area contributed by atoms with Gasteiger partial charge in [-0.1, -0.05) is 30.3 Å². The van der Waals surface area contributed by atoms with Crippen molar-refractivity contribution < 1.29 is 14.3 Å². The van der Waals surface area contributed by atoms with Crippen molar-refractivity contribution in [1.29, 1.82) is 0 Å². The van der Waals surface area contributed by atoms with Crippen LogP contribution in [0.15, 0.2) is 30.3 Å². The topological polar surface area (TPSA) is 42.0 Å². The Kier molecular flexibility index (Phi) is 4.95. The van der Waals surface area contributed by atoms with Crippen LogP contribution in [0, 0.1) is 5.92 Å². The van der Waals surface area contributed by atoms with Crippen molar-refractivity contribution in [2.75, 3.05) is 39.4 Å². The van der Waals surface area contributed by atoms with Crippen LogP contribution in [0.1, 0.15) is 31.2 Å². The van der Waals surface area contributed by atoms with E-state index in [-0.39, 0.29) is 6.03 Å². The summed E-state index contributed by atoms with van der Waals surface area (Å²) in [5.41, 5.74) is 1.41. The summed E-state index contributed by atoms with van der Waals surface area (Å²) in [4.78, 5) is 16.8. The Morgan fingerprint density at radius 2 is 1.56 bits per heavy atom. The number of hydrogen-bond donors (Lipinski definition) is 0. The van der Waals surface area contributed by atoms with E-state index in [4.69, 9.17) is 9.47 Å². The molecule has 1 aromatic rings. The molecule has 3 fully saturated rings. The first kappa shape index (κ1) is 16.9. The van der Waals surface area contributed by atoms with Gasteiger partial charge in [-0.3, -0.25) is 0 Å². The van der Waals surface area contributed by atoms with Crippen LogP contribution in [0.4, 0.5) is 4.79 Å². The molecule has 3 heterocycles. The third-order valence-corrected chi connectivity index (χ3v) is 5.86. The van der Waals surface area contributed by atoms with Crippen LogP contribution in [0.2, 0.25) is 0 Å². The molecule has 2 amide bonds. The maximum atomic E-state index is 12.8. The number of piperidine rings is 2. The normalized spacial score (nSPS) is 24.0. The highest BCUT2D eigenvalue weighted by Crippen LogP contribution is 2.32. The van der Waals surface area contributed by atoms with Crippen LogP contribution in [0.5, 0.6) is 0 Å². The molecule has 3 aliphatic rings. The second kappa shape index (κ2) is 7.34. The van der Waals surface area contributed by atoms with Crippen molar-refractivity contribution >= 4 is 6.03 Å². The lowest BCUT2D eigenvalue weighted by molar-refractivity contribution is -0.181. The van der Waals surface area contributed by atoms with Crippen LogP contribution in [0.3, 0.4) is 0 Å². The number of nitrogens with zero attached hydrogens (tertiary/aromatic N) is 2. The molecule has 4 rings (SSSR count). The third-order valence-electron chi connectivity index (χ3n) is 5.86. The van der Waals surface area contributed by atoms with Gasteiger partial charge in [0.15, 0.2) is 5.79 Å². The quantitative estimate of drug-likeness (QED) is 0.828. The van der Waals surface area contributed by atoms with Gasteiger partial charge in [0.2, 0.25) is 0 Å². The van der Waals surface area contributed by atoms with Crippen molar-refractivity contribution in [2.24, 2.45) is 5.92 Å². The molecular formula is C20H28N2O3. The molecular weight excluding hydrogens is 316 g/mol. The second-order valence-electron chi connectivity index (χ2n) is 7.50. The molecule has 136 valence electrons. The van der Waals surface area contributed by atoms with Gasteiger partial charge in [0, 0.05) is 39.0 Å². The Balaban J connectivity index is 1.24. The molecule has 5 nitrogen and oxygen atoms in total. The van der Waals surface area contributed by atoms with Crippen molar-refractivity contribution in [1.82, 2.24) is 9.80 Å². The standard InChI is InChI=1S/C20H28N2O3/c23-19(22-12-8-20(9-13-22)24-14-15-25-20)21-10-6-18(7-11-21)16-17-4-2-1-3-5-17/h1-5,18H,6-16H2. The van der Waals surface area contributed by atoms with Gasteiger partial charge in [0.25, 0.3) is 0 Å². The first-order chi connectivity index (χ1) is 12.2. The average Bonchev–Trinajstić information content (AvgIpc) is 3.11. The fourth-order valence-corrected chi connectivity index (χ4v) is 4.30. The molecule has 3 aliphatic heterocycles. The summed E-state index contributed by atoms with van der Waals surface area (Å²) < 4.78 is 11.5. The van der Waals surface area contributed by atoms with E-state index in [0.717, 1.165) is 58.3 Å². The zero-order chi connectivity index (χ0) is 17.1. The summed E-state index contributed by atoms with van der Waals surface area (Å²) in [6, 6.07) is 10.9.